The molecular formula is C12H13N3O2S2. The lowest BCUT2D eigenvalue weighted by atomic mass is 10.3. The molecule has 0 aliphatic heterocycles. The molecule has 0 fully saturated rings. The van der Waals surface area contributed by atoms with E-state index in [1.807, 2.05) is 16.8 Å². The summed E-state index contributed by atoms with van der Waals surface area (Å²) in [5, 5.41) is 4.47. The van der Waals surface area contributed by atoms with Gasteiger partial charge in [-0.3, -0.25) is 9.59 Å². The quantitative estimate of drug-likeness (QED) is 0.672. The Bertz CT molecular complexity index is 595. The highest BCUT2D eigenvalue weighted by Crippen LogP contribution is 2.13. The first-order valence-electron chi connectivity index (χ1n) is 5.58. The van der Waals surface area contributed by atoms with Crippen LogP contribution in [0.25, 0.3) is 0 Å². The summed E-state index contributed by atoms with van der Waals surface area (Å²) < 4.78 is 0. The maximum absolute atomic E-state index is 11.9. The van der Waals surface area contributed by atoms with Gasteiger partial charge in [0.1, 0.15) is 0 Å². The Balaban J connectivity index is 1.85. The molecule has 0 atom stereocenters. The van der Waals surface area contributed by atoms with E-state index in [4.69, 9.17) is 0 Å². The van der Waals surface area contributed by atoms with Gasteiger partial charge in [-0.05, 0) is 22.4 Å². The monoisotopic (exact) mass is 295 g/mol. The third-order valence-electron chi connectivity index (χ3n) is 2.41. The first-order valence-corrected chi connectivity index (χ1v) is 7.51. The highest BCUT2D eigenvalue weighted by Gasteiger charge is 2.10. The molecule has 0 saturated carbocycles. The molecule has 2 rings (SSSR count). The fourth-order valence-corrected chi connectivity index (χ4v) is 2.86. The van der Waals surface area contributed by atoms with Gasteiger partial charge in [0.25, 0.3) is 5.56 Å². The minimum atomic E-state index is -0.212. The molecule has 0 saturated heterocycles. The molecule has 1 amide bonds. The Labute approximate surface area is 118 Å². The van der Waals surface area contributed by atoms with Crippen molar-refractivity contribution in [2.24, 2.45) is 0 Å². The van der Waals surface area contributed by atoms with Gasteiger partial charge in [0.15, 0.2) is 5.16 Å². The molecule has 0 radical (unpaired) electrons. The van der Waals surface area contributed by atoms with Crippen LogP contribution in [0.5, 0.6) is 0 Å². The van der Waals surface area contributed by atoms with Gasteiger partial charge in [0.05, 0.1) is 5.75 Å². The van der Waals surface area contributed by atoms with E-state index < -0.39 is 0 Å². The number of carbonyl (C=O) groups is 1. The number of hydrogen-bond donors (Lipinski definition) is 1. The summed E-state index contributed by atoms with van der Waals surface area (Å²) in [5.41, 5.74) is 0.911. The molecule has 7 heteroatoms. The molecule has 5 nitrogen and oxygen atoms in total. The molecule has 19 heavy (non-hydrogen) atoms. The van der Waals surface area contributed by atoms with Gasteiger partial charge in [0, 0.05) is 25.9 Å². The van der Waals surface area contributed by atoms with Gasteiger partial charge in [-0.2, -0.15) is 11.3 Å². The largest absolute Gasteiger partial charge is 0.341 e. The Morgan fingerprint density at radius 2 is 2.37 bits per heavy atom. The summed E-state index contributed by atoms with van der Waals surface area (Å²) in [6.07, 6.45) is 1.43. The van der Waals surface area contributed by atoms with Crippen LogP contribution < -0.4 is 5.56 Å². The van der Waals surface area contributed by atoms with E-state index in [2.05, 4.69) is 9.97 Å². The van der Waals surface area contributed by atoms with Crippen LogP contribution in [0.1, 0.15) is 5.56 Å². The van der Waals surface area contributed by atoms with Crippen molar-refractivity contribution in [2.75, 3.05) is 12.8 Å². The lowest BCUT2D eigenvalue weighted by Gasteiger charge is -2.15. The third-order valence-corrected chi connectivity index (χ3v) is 4.01. The zero-order chi connectivity index (χ0) is 13.7. The molecule has 0 unspecified atom stereocenters. The lowest BCUT2D eigenvalue weighted by molar-refractivity contribution is -0.127. The predicted octanol–water partition coefficient (Wildman–Crippen LogP) is 1.58. The molecule has 2 heterocycles. The number of thiophene rings is 1. The SMILES string of the molecule is CN(Cc1ccsc1)C(=O)CSc1nccc(=O)[nH]1. The number of carbonyl (C=O) groups excluding carboxylic acids is 1. The van der Waals surface area contributed by atoms with E-state index in [0.717, 1.165) is 5.56 Å². The van der Waals surface area contributed by atoms with Gasteiger partial charge in [-0.15, -0.1) is 0 Å². The molecule has 2 aromatic heterocycles. The zero-order valence-corrected chi connectivity index (χ0v) is 12.0. The van der Waals surface area contributed by atoms with Crippen LogP contribution in [0.15, 0.2) is 39.0 Å². The van der Waals surface area contributed by atoms with Crippen molar-refractivity contribution in [3.05, 3.63) is 45.0 Å². The number of nitrogens with one attached hydrogen (secondary N) is 1. The Morgan fingerprint density at radius 3 is 3.05 bits per heavy atom. The topological polar surface area (TPSA) is 66.1 Å². The van der Waals surface area contributed by atoms with Crippen molar-refractivity contribution in [3.8, 4) is 0 Å². The van der Waals surface area contributed by atoms with Gasteiger partial charge in [-0.1, -0.05) is 11.8 Å². The second kappa shape index (κ2) is 6.53. The van der Waals surface area contributed by atoms with E-state index in [1.54, 1.807) is 23.3 Å². The van der Waals surface area contributed by atoms with E-state index >= 15 is 0 Å². The molecule has 0 aliphatic carbocycles. The number of hydrogen-bond acceptors (Lipinski definition) is 5. The highest BCUT2D eigenvalue weighted by atomic mass is 32.2. The first-order chi connectivity index (χ1) is 9.15. The molecule has 1 N–H and O–H groups in total. The van der Waals surface area contributed by atoms with E-state index in [0.29, 0.717) is 11.7 Å². The Kier molecular flexibility index (Phi) is 4.75. The number of rotatable bonds is 5. The van der Waals surface area contributed by atoms with Crippen molar-refractivity contribution in [2.45, 2.75) is 11.7 Å². The summed E-state index contributed by atoms with van der Waals surface area (Å²) in [4.78, 5) is 31.2. The van der Waals surface area contributed by atoms with Crippen molar-refractivity contribution in [1.29, 1.82) is 0 Å². The second-order valence-corrected chi connectivity index (χ2v) is 5.65. The van der Waals surface area contributed by atoms with Crippen molar-refractivity contribution >= 4 is 29.0 Å². The second-order valence-electron chi connectivity index (χ2n) is 3.91. The van der Waals surface area contributed by atoms with Crippen LogP contribution in [-0.4, -0.2) is 33.6 Å². The number of aromatic amines is 1. The number of aromatic nitrogens is 2. The molecule has 100 valence electrons. The molecule has 2 aromatic rings. The number of amides is 1. The Morgan fingerprint density at radius 1 is 1.53 bits per heavy atom. The standard InChI is InChI=1S/C12H13N3O2S2/c1-15(6-9-3-5-18-7-9)11(17)8-19-12-13-4-2-10(16)14-12/h2-5,7H,6,8H2,1H3,(H,13,14,16). The summed E-state index contributed by atoms with van der Waals surface area (Å²) >= 11 is 2.84. The molecule has 0 spiro atoms. The zero-order valence-electron chi connectivity index (χ0n) is 10.3. The molecule has 0 aromatic carbocycles. The summed E-state index contributed by atoms with van der Waals surface area (Å²) in [5.74, 6) is 0.260. The van der Waals surface area contributed by atoms with Crippen LogP contribution in [0.2, 0.25) is 0 Å². The maximum atomic E-state index is 11.9. The van der Waals surface area contributed by atoms with E-state index in [-0.39, 0.29) is 17.2 Å². The summed E-state index contributed by atoms with van der Waals surface area (Å²) in [7, 11) is 1.77. The average Bonchev–Trinajstić information content (AvgIpc) is 2.89. The highest BCUT2D eigenvalue weighted by molar-refractivity contribution is 7.99. The van der Waals surface area contributed by atoms with Gasteiger partial charge < -0.3 is 9.88 Å². The van der Waals surface area contributed by atoms with Crippen molar-refractivity contribution < 1.29 is 4.79 Å². The summed E-state index contributed by atoms with van der Waals surface area (Å²) in [6.45, 7) is 0.599. The normalized spacial score (nSPS) is 10.4. The predicted molar refractivity (Wildman–Crippen MR) is 76.4 cm³/mol. The molecule has 0 bridgehead atoms. The third kappa shape index (κ3) is 4.22. The fraction of sp³-hybridized carbons (Fsp3) is 0.250. The van der Waals surface area contributed by atoms with Crippen LogP contribution in [0, 0.1) is 0 Å². The van der Waals surface area contributed by atoms with E-state index in [9.17, 15) is 9.59 Å². The maximum Gasteiger partial charge on any atom is 0.251 e. The number of thioether (sulfide) groups is 1. The van der Waals surface area contributed by atoms with Gasteiger partial charge in [-0.25, -0.2) is 4.98 Å². The minimum Gasteiger partial charge on any atom is -0.341 e. The Hall–Kier alpha value is -1.60. The van der Waals surface area contributed by atoms with Crippen LogP contribution in [-0.2, 0) is 11.3 Å². The average molecular weight is 295 g/mol. The number of nitrogens with zero attached hydrogens (tertiary/aromatic N) is 2. The van der Waals surface area contributed by atoms with E-state index in [1.165, 1.54) is 24.0 Å². The van der Waals surface area contributed by atoms with Gasteiger partial charge in [0.2, 0.25) is 5.91 Å². The first kappa shape index (κ1) is 13.8. The van der Waals surface area contributed by atoms with Crippen LogP contribution in [0.4, 0.5) is 0 Å². The smallest absolute Gasteiger partial charge is 0.251 e. The lowest BCUT2D eigenvalue weighted by Crippen LogP contribution is -2.27. The number of H-pyrrole nitrogens is 1. The van der Waals surface area contributed by atoms with Crippen molar-refractivity contribution in [3.63, 3.8) is 0 Å². The molecular weight excluding hydrogens is 282 g/mol. The fourth-order valence-electron chi connectivity index (χ4n) is 1.41. The van der Waals surface area contributed by atoms with Crippen LogP contribution in [0.3, 0.4) is 0 Å². The van der Waals surface area contributed by atoms with Gasteiger partial charge >= 0.3 is 0 Å². The van der Waals surface area contributed by atoms with Crippen LogP contribution >= 0.6 is 23.1 Å². The van der Waals surface area contributed by atoms with Crippen molar-refractivity contribution in [1.82, 2.24) is 14.9 Å². The molecule has 0 aliphatic rings. The summed E-state index contributed by atoms with van der Waals surface area (Å²) in [6, 6.07) is 3.34. The minimum absolute atomic E-state index is 0.00250.